The largest absolute Gasteiger partial charge is 0.494 e. The zero-order chi connectivity index (χ0) is 15.4. The number of carbonyl (C=O) groups is 1. The van der Waals surface area contributed by atoms with Crippen molar-refractivity contribution < 1.29 is 13.9 Å². The summed E-state index contributed by atoms with van der Waals surface area (Å²) < 4.78 is 19.0. The van der Waals surface area contributed by atoms with E-state index in [1.54, 1.807) is 12.1 Å². The first-order valence-electron chi connectivity index (χ1n) is 6.51. The molecule has 2 aromatic rings. The van der Waals surface area contributed by atoms with Crippen LogP contribution in [0.1, 0.15) is 22.8 Å². The van der Waals surface area contributed by atoms with Gasteiger partial charge in [-0.25, -0.2) is 4.39 Å². The topological polar surface area (TPSA) is 38.3 Å². The summed E-state index contributed by atoms with van der Waals surface area (Å²) in [6.45, 7) is 4.30. The molecule has 0 saturated carbocycles. The van der Waals surface area contributed by atoms with Crippen LogP contribution < -0.4 is 10.1 Å². The van der Waals surface area contributed by atoms with Gasteiger partial charge in [0.2, 0.25) is 0 Å². The van der Waals surface area contributed by atoms with E-state index in [4.69, 9.17) is 16.3 Å². The fourth-order valence-electron chi connectivity index (χ4n) is 1.89. The number of hydrogen-bond donors (Lipinski definition) is 1. The summed E-state index contributed by atoms with van der Waals surface area (Å²) in [6, 6.07) is 9.16. The Morgan fingerprint density at radius 2 is 2.05 bits per heavy atom. The zero-order valence-corrected chi connectivity index (χ0v) is 12.5. The lowest BCUT2D eigenvalue weighted by Gasteiger charge is -2.11. The molecule has 0 fully saturated rings. The molecule has 5 heteroatoms. The maximum Gasteiger partial charge on any atom is 0.258 e. The van der Waals surface area contributed by atoms with E-state index in [2.05, 4.69) is 5.32 Å². The van der Waals surface area contributed by atoms with Crippen molar-refractivity contribution in [2.75, 3.05) is 11.9 Å². The lowest BCUT2D eigenvalue weighted by atomic mass is 10.1. The van der Waals surface area contributed by atoms with E-state index in [1.807, 2.05) is 19.9 Å². The molecule has 0 saturated heterocycles. The fourth-order valence-corrected chi connectivity index (χ4v) is 2.07. The molecule has 2 aromatic carbocycles. The average molecular weight is 308 g/mol. The van der Waals surface area contributed by atoms with Crippen LogP contribution in [-0.2, 0) is 0 Å². The zero-order valence-electron chi connectivity index (χ0n) is 11.7. The predicted molar refractivity (Wildman–Crippen MR) is 81.7 cm³/mol. The van der Waals surface area contributed by atoms with Crippen LogP contribution in [0.5, 0.6) is 5.75 Å². The number of hydrogen-bond acceptors (Lipinski definition) is 2. The van der Waals surface area contributed by atoms with Crippen LogP contribution in [0.25, 0.3) is 0 Å². The quantitative estimate of drug-likeness (QED) is 0.907. The van der Waals surface area contributed by atoms with Gasteiger partial charge in [0.1, 0.15) is 11.6 Å². The van der Waals surface area contributed by atoms with Gasteiger partial charge >= 0.3 is 0 Å². The number of aryl methyl sites for hydroxylation is 1. The molecule has 1 amide bonds. The van der Waals surface area contributed by atoms with E-state index in [0.29, 0.717) is 17.3 Å². The van der Waals surface area contributed by atoms with Gasteiger partial charge in [-0.3, -0.25) is 4.79 Å². The molecular formula is C16H15ClFNO2. The SMILES string of the molecule is CCOc1ccc(NC(=O)c2cc(Cl)ccc2F)c(C)c1. The molecule has 110 valence electrons. The molecule has 0 aliphatic heterocycles. The van der Waals surface area contributed by atoms with Crippen LogP contribution in [0, 0.1) is 12.7 Å². The highest BCUT2D eigenvalue weighted by atomic mass is 35.5. The summed E-state index contributed by atoms with van der Waals surface area (Å²) in [5.41, 5.74) is 1.34. The van der Waals surface area contributed by atoms with Crippen LogP contribution in [0.2, 0.25) is 5.02 Å². The number of halogens is 2. The molecule has 0 unspecified atom stereocenters. The minimum atomic E-state index is -0.611. The van der Waals surface area contributed by atoms with Crippen LogP contribution in [0.15, 0.2) is 36.4 Å². The molecule has 0 spiro atoms. The second-order valence-corrected chi connectivity index (χ2v) is 4.92. The number of anilines is 1. The highest BCUT2D eigenvalue weighted by Crippen LogP contribution is 2.23. The Morgan fingerprint density at radius 3 is 2.71 bits per heavy atom. The Balaban J connectivity index is 2.21. The van der Waals surface area contributed by atoms with E-state index in [9.17, 15) is 9.18 Å². The second kappa shape index (κ2) is 6.59. The van der Waals surface area contributed by atoms with Crippen molar-refractivity contribution in [3.8, 4) is 5.75 Å². The number of rotatable bonds is 4. The van der Waals surface area contributed by atoms with E-state index in [-0.39, 0.29) is 5.56 Å². The number of amides is 1. The maximum atomic E-state index is 13.6. The predicted octanol–water partition coefficient (Wildman–Crippen LogP) is 4.44. The number of benzene rings is 2. The maximum absolute atomic E-state index is 13.6. The summed E-state index contributed by atoms with van der Waals surface area (Å²) in [5.74, 6) is -0.426. The van der Waals surface area contributed by atoms with Crippen molar-refractivity contribution in [3.63, 3.8) is 0 Å². The molecule has 2 rings (SSSR count). The number of carbonyl (C=O) groups excluding carboxylic acids is 1. The van der Waals surface area contributed by atoms with Gasteiger partial charge in [0.25, 0.3) is 5.91 Å². The summed E-state index contributed by atoms with van der Waals surface area (Å²) >= 11 is 5.79. The number of nitrogens with one attached hydrogen (secondary N) is 1. The molecule has 0 bridgehead atoms. The van der Waals surface area contributed by atoms with Gasteiger partial charge in [0, 0.05) is 10.7 Å². The Bertz CT molecular complexity index is 673. The van der Waals surface area contributed by atoms with Crippen molar-refractivity contribution in [1.29, 1.82) is 0 Å². The van der Waals surface area contributed by atoms with Crippen molar-refractivity contribution in [3.05, 3.63) is 58.4 Å². The van der Waals surface area contributed by atoms with Gasteiger partial charge in [0.15, 0.2) is 0 Å². The summed E-state index contributed by atoms with van der Waals surface area (Å²) in [7, 11) is 0. The standard InChI is InChI=1S/C16H15ClFNO2/c1-3-21-12-5-7-15(10(2)8-12)19-16(20)13-9-11(17)4-6-14(13)18/h4-9H,3H2,1-2H3,(H,19,20). The normalized spacial score (nSPS) is 10.3. The molecule has 0 aliphatic rings. The van der Waals surface area contributed by atoms with E-state index < -0.39 is 11.7 Å². The molecule has 0 aromatic heterocycles. The number of ether oxygens (including phenoxy) is 1. The molecule has 0 atom stereocenters. The van der Waals surface area contributed by atoms with Crippen LogP contribution >= 0.6 is 11.6 Å². The van der Waals surface area contributed by atoms with Gasteiger partial charge < -0.3 is 10.1 Å². The third-order valence-electron chi connectivity index (χ3n) is 2.93. The smallest absolute Gasteiger partial charge is 0.258 e. The third-order valence-corrected chi connectivity index (χ3v) is 3.17. The molecule has 21 heavy (non-hydrogen) atoms. The third kappa shape index (κ3) is 3.73. The average Bonchev–Trinajstić information content (AvgIpc) is 2.44. The summed E-state index contributed by atoms with van der Waals surface area (Å²) in [5, 5.41) is 2.98. The Kier molecular flexibility index (Phi) is 4.81. The fraction of sp³-hybridized carbons (Fsp3) is 0.188. The van der Waals surface area contributed by atoms with Crippen LogP contribution in [0.3, 0.4) is 0 Å². The Labute approximate surface area is 127 Å². The highest BCUT2D eigenvalue weighted by Gasteiger charge is 2.13. The van der Waals surface area contributed by atoms with E-state index >= 15 is 0 Å². The van der Waals surface area contributed by atoms with Crippen molar-refractivity contribution in [2.24, 2.45) is 0 Å². The highest BCUT2D eigenvalue weighted by molar-refractivity contribution is 6.31. The monoisotopic (exact) mass is 307 g/mol. The first-order chi connectivity index (χ1) is 10.0. The lowest BCUT2D eigenvalue weighted by molar-refractivity contribution is 0.102. The lowest BCUT2D eigenvalue weighted by Crippen LogP contribution is -2.14. The van der Waals surface area contributed by atoms with E-state index in [1.165, 1.54) is 18.2 Å². The Morgan fingerprint density at radius 1 is 1.29 bits per heavy atom. The first kappa shape index (κ1) is 15.3. The molecule has 0 aliphatic carbocycles. The van der Waals surface area contributed by atoms with Gasteiger partial charge in [-0.15, -0.1) is 0 Å². The Hall–Kier alpha value is -2.07. The first-order valence-corrected chi connectivity index (χ1v) is 6.89. The van der Waals surface area contributed by atoms with Crippen LogP contribution in [-0.4, -0.2) is 12.5 Å². The minimum Gasteiger partial charge on any atom is -0.494 e. The van der Waals surface area contributed by atoms with Crippen molar-refractivity contribution in [1.82, 2.24) is 0 Å². The van der Waals surface area contributed by atoms with E-state index in [0.717, 1.165) is 11.3 Å². The van der Waals surface area contributed by atoms with Crippen LogP contribution in [0.4, 0.5) is 10.1 Å². The summed E-state index contributed by atoms with van der Waals surface area (Å²) in [4.78, 5) is 12.1. The molecule has 1 N–H and O–H groups in total. The van der Waals surface area contributed by atoms with Gasteiger partial charge in [-0.05, 0) is 55.8 Å². The van der Waals surface area contributed by atoms with Crippen molar-refractivity contribution in [2.45, 2.75) is 13.8 Å². The molecule has 0 radical (unpaired) electrons. The van der Waals surface area contributed by atoms with Gasteiger partial charge in [0.05, 0.1) is 12.2 Å². The van der Waals surface area contributed by atoms with Gasteiger partial charge in [-0.2, -0.15) is 0 Å². The molecule has 3 nitrogen and oxygen atoms in total. The molecular weight excluding hydrogens is 293 g/mol. The summed E-state index contributed by atoms with van der Waals surface area (Å²) in [6.07, 6.45) is 0. The minimum absolute atomic E-state index is 0.0872. The molecule has 0 heterocycles. The second-order valence-electron chi connectivity index (χ2n) is 4.49. The van der Waals surface area contributed by atoms with Gasteiger partial charge in [-0.1, -0.05) is 11.6 Å². The van der Waals surface area contributed by atoms with Crippen molar-refractivity contribution >= 4 is 23.2 Å².